The lowest BCUT2D eigenvalue weighted by atomic mass is 10.2. The van der Waals surface area contributed by atoms with E-state index in [4.69, 9.17) is 0 Å². The van der Waals surface area contributed by atoms with Gasteiger partial charge >= 0.3 is 0 Å². The Morgan fingerprint density at radius 3 is 2.62 bits per heavy atom. The minimum Gasteiger partial charge on any atom is -0.351 e. The maximum Gasteiger partial charge on any atom is 0.251 e. The van der Waals surface area contributed by atoms with Gasteiger partial charge < -0.3 is 10.2 Å². The Hall–Kier alpha value is -2.66. The summed E-state index contributed by atoms with van der Waals surface area (Å²) in [6.45, 7) is 3.42. The van der Waals surface area contributed by atoms with Gasteiger partial charge in [0.15, 0.2) is 0 Å². The zero-order chi connectivity index (χ0) is 17.1. The molecule has 1 amide bonds. The highest BCUT2D eigenvalue weighted by Crippen LogP contribution is 2.22. The lowest BCUT2D eigenvalue weighted by Crippen LogP contribution is -2.31. The average Bonchev–Trinajstić information content (AvgIpc) is 2.90. The molecule has 0 aliphatic heterocycles. The number of aryl methyl sites for hydroxylation is 1. The number of hydrogen-bond donors (Lipinski definition) is 1. The van der Waals surface area contributed by atoms with Gasteiger partial charge in [0.25, 0.3) is 5.91 Å². The van der Waals surface area contributed by atoms with Crippen LogP contribution in [0.4, 0.5) is 0 Å². The Balaban J connectivity index is 1.89. The second-order valence-electron chi connectivity index (χ2n) is 6.09. The number of aromatic nitrogens is 2. The van der Waals surface area contributed by atoms with E-state index in [1.54, 1.807) is 0 Å². The molecule has 0 aliphatic rings. The quantitative estimate of drug-likeness (QED) is 0.785. The maximum atomic E-state index is 12.3. The summed E-state index contributed by atoms with van der Waals surface area (Å²) in [6.07, 6.45) is 0. The molecule has 0 atom stereocenters. The number of nitrogens with zero attached hydrogens (tertiary/aromatic N) is 3. The topological polar surface area (TPSA) is 50.2 Å². The number of fused-ring (bicyclic) bond motifs is 1. The minimum absolute atomic E-state index is 0.0642. The fourth-order valence-electron chi connectivity index (χ4n) is 2.74. The van der Waals surface area contributed by atoms with Gasteiger partial charge in [0, 0.05) is 24.3 Å². The fourth-order valence-corrected chi connectivity index (χ4v) is 2.74. The first-order valence-electron chi connectivity index (χ1n) is 8.04. The van der Waals surface area contributed by atoms with Gasteiger partial charge in [-0.3, -0.25) is 9.36 Å². The van der Waals surface area contributed by atoms with Gasteiger partial charge in [-0.15, -0.1) is 0 Å². The van der Waals surface area contributed by atoms with Crippen LogP contribution in [0.2, 0.25) is 0 Å². The number of likely N-dealkylation sites (N-methyl/N-ethyl adjacent to an activating group) is 1. The summed E-state index contributed by atoms with van der Waals surface area (Å²) in [4.78, 5) is 18.9. The molecule has 5 heteroatoms. The minimum atomic E-state index is -0.0642. The van der Waals surface area contributed by atoms with Crippen LogP contribution < -0.4 is 5.32 Å². The van der Waals surface area contributed by atoms with Crippen molar-refractivity contribution in [2.45, 2.75) is 6.92 Å². The number of para-hydroxylation sites is 1. The van der Waals surface area contributed by atoms with Gasteiger partial charge in [0.2, 0.25) is 0 Å². The monoisotopic (exact) mass is 322 g/mol. The van der Waals surface area contributed by atoms with Gasteiger partial charge in [-0.2, -0.15) is 0 Å². The first-order valence-corrected chi connectivity index (χ1v) is 8.04. The molecular formula is C19H22N4O. The van der Waals surface area contributed by atoms with Gasteiger partial charge in [0.05, 0.1) is 11.0 Å². The molecule has 0 fully saturated rings. The van der Waals surface area contributed by atoms with Crippen LogP contribution in [0.1, 0.15) is 16.2 Å². The van der Waals surface area contributed by atoms with Crippen LogP contribution in [0.25, 0.3) is 16.7 Å². The van der Waals surface area contributed by atoms with E-state index >= 15 is 0 Å². The Labute approximate surface area is 141 Å². The van der Waals surface area contributed by atoms with Crippen LogP contribution in [0.5, 0.6) is 0 Å². The zero-order valence-electron chi connectivity index (χ0n) is 14.3. The number of benzene rings is 2. The normalized spacial score (nSPS) is 11.2. The lowest BCUT2D eigenvalue weighted by molar-refractivity contribution is 0.0951. The molecule has 2 aromatic carbocycles. The summed E-state index contributed by atoms with van der Waals surface area (Å²) in [5, 5.41) is 2.93. The van der Waals surface area contributed by atoms with Crippen molar-refractivity contribution in [2.24, 2.45) is 0 Å². The van der Waals surface area contributed by atoms with E-state index in [0.717, 1.165) is 29.1 Å². The second-order valence-corrected chi connectivity index (χ2v) is 6.09. The Morgan fingerprint density at radius 2 is 1.92 bits per heavy atom. The van der Waals surface area contributed by atoms with E-state index < -0.39 is 0 Å². The van der Waals surface area contributed by atoms with Crippen LogP contribution in [-0.2, 0) is 0 Å². The molecule has 1 N–H and O–H groups in total. The van der Waals surface area contributed by atoms with E-state index in [-0.39, 0.29) is 5.91 Å². The highest BCUT2D eigenvalue weighted by molar-refractivity contribution is 5.97. The first kappa shape index (κ1) is 16.2. The number of rotatable bonds is 5. The number of amides is 1. The Bertz CT molecular complexity index is 852. The third-order valence-electron chi connectivity index (χ3n) is 3.94. The van der Waals surface area contributed by atoms with Crippen LogP contribution >= 0.6 is 0 Å². The third-order valence-corrected chi connectivity index (χ3v) is 3.94. The van der Waals surface area contributed by atoms with Gasteiger partial charge in [0.1, 0.15) is 5.82 Å². The molecule has 0 saturated heterocycles. The van der Waals surface area contributed by atoms with Crippen molar-refractivity contribution in [3.05, 3.63) is 59.9 Å². The molecule has 24 heavy (non-hydrogen) atoms. The molecule has 0 spiro atoms. The van der Waals surface area contributed by atoms with Crippen molar-refractivity contribution >= 4 is 16.9 Å². The molecule has 3 aromatic rings. The number of nitrogens with one attached hydrogen (secondary N) is 1. The van der Waals surface area contributed by atoms with Crippen molar-refractivity contribution in [1.29, 1.82) is 0 Å². The Kier molecular flexibility index (Phi) is 4.62. The first-order chi connectivity index (χ1) is 11.6. The summed E-state index contributed by atoms with van der Waals surface area (Å²) in [7, 11) is 3.97. The molecular weight excluding hydrogens is 300 g/mol. The van der Waals surface area contributed by atoms with E-state index in [2.05, 4.69) is 27.0 Å². The van der Waals surface area contributed by atoms with Gasteiger partial charge in [-0.1, -0.05) is 18.2 Å². The smallest absolute Gasteiger partial charge is 0.251 e. The zero-order valence-corrected chi connectivity index (χ0v) is 14.3. The lowest BCUT2D eigenvalue weighted by Gasteiger charge is -2.10. The molecule has 5 nitrogen and oxygen atoms in total. The van der Waals surface area contributed by atoms with Crippen LogP contribution in [0, 0.1) is 6.92 Å². The third kappa shape index (κ3) is 3.31. The van der Waals surface area contributed by atoms with Crippen LogP contribution in [0.3, 0.4) is 0 Å². The standard InChI is InChI=1S/C19H22N4O/c1-14-21-17-13-15(19(24)20-11-12-22(2)3)9-10-18(17)23(14)16-7-5-4-6-8-16/h4-10,13H,11-12H2,1-3H3,(H,20,24). The van der Waals surface area contributed by atoms with E-state index in [9.17, 15) is 4.79 Å². The highest BCUT2D eigenvalue weighted by Gasteiger charge is 2.12. The number of imidazole rings is 1. The van der Waals surface area contributed by atoms with Gasteiger partial charge in [-0.25, -0.2) is 4.98 Å². The molecule has 1 heterocycles. The second kappa shape index (κ2) is 6.84. The Morgan fingerprint density at radius 1 is 1.17 bits per heavy atom. The highest BCUT2D eigenvalue weighted by atomic mass is 16.1. The summed E-state index contributed by atoms with van der Waals surface area (Å²) in [5.41, 5.74) is 3.54. The number of hydrogen-bond acceptors (Lipinski definition) is 3. The van der Waals surface area contributed by atoms with Crippen molar-refractivity contribution in [2.75, 3.05) is 27.2 Å². The van der Waals surface area contributed by atoms with Crippen molar-refractivity contribution in [1.82, 2.24) is 19.8 Å². The summed E-state index contributed by atoms with van der Waals surface area (Å²) in [6, 6.07) is 15.8. The van der Waals surface area contributed by atoms with E-state index in [1.807, 2.05) is 62.3 Å². The number of carbonyl (C=O) groups is 1. The largest absolute Gasteiger partial charge is 0.351 e. The average molecular weight is 322 g/mol. The summed E-state index contributed by atoms with van der Waals surface area (Å²) < 4.78 is 2.10. The van der Waals surface area contributed by atoms with Crippen molar-refractivity contribution in [3.8, 4) is 5.69 Å². The summed E-state index contributed by atoms with van der Waals surface area (Å²) in [5.74, 6) is 0.840. The van der Waals surface area contributed by atoms with Crippen molar-refractivity contribution in [3.63, 3.8) is 0 Å². The molecule has 0 bridgehead atoms. The predicted molar refractivity (Wildman–Crippen MR) is 96.7 cm³/mol. The SMILES string of the molecule is Cc1nc2cc(C(=O)NCCN(C)C)ccc2n1-c1ccccc1. The molecule has 3 rings (SSSR count). The molecule has 0 unspecified atom stereocenters. The van der Waals surface area contributed by atoms with Crippen molar-refractivity contribution < 1.29 is 4.79 Å². The summed E-state index contributed by atoms with van der Waals surface area (Å²) >= 11 is 0. The molecule has 1 aromatic heterocycles. The molecule has 124 valence electrons. The number of carbonyl (C=O) groups excluding carboxylic acids is 1. The van der Waals surface area contributed by atoms with E-state index in [1.165, 1.54) is 0 Å². The van der Waals surface area contributed by atoms with Crippen LogP contribution in [0.15, 0.2) is 48.5 Å². The fraction of sp³-hybridized carbons (Fsp3) is 0.263. The van der Waals surface area contributed by atoms with Gasteiger partial charge in [-0.05, 0) is 51.4 Å². The maximum absolute atomic E-state index is 12.3. The van der Waals surface area contributed by atoms with E-state index in [0.29, 0.717) is 12.1 Å². The molecule has 0 radical (unpaired) electrons. The predicted octanol–water partition coefficient (Wildman–Crippen LogP) is 2.63. The molecule has 0 saturated carbocycles. The van der Waals surface area contributed by atoms with Crippen LogP contribution in [-0.4, -0.2) is 47.5 Å². The molecule has 0 aliphatic carbocycles.